The number of rotatable bonds is 5. The van der Waals surface area contributed by atoms with Gasteiger partial charge in [-0.25, -0.2) is 9.97 Å². The third-order valence-corrected chi connectivity index (χ3v) is 3.79. The van der Waals surface area contributed by atoms with E-state index in [-0.39, 0.29) is 5.82 Å². The fourth-order valence-electron chi connectivity index (χ4n) is 2.19. The Kier molecular flexibility index (Phi) is 5.51. The van der Waals surface area contributed by atoms with Crippen LogP contribution < -0.4 is 4.90 Å². The van der Waals surface area contributed by atoms with Crippen molar-refractivity contribution in [3.8, 4) is 11.4 Å². The van der Waals surface area contributed by atoms with Crippen LogP contribution in [0.4, 0.5) is 19.0 Å². The van der Waals surface area contributed by atoms with Gasteiger partial charge in [0.15, 0.2) is 5.82 Å². The van der Waals surface area contributed by atoms with Gasteiger partial charge in [0.1, 0.15) is 11.9 Å². The average molecular weight is 349 g/mol. The van der Waals surface area contributed by atoms with Crippen LogP contribution in [0.5, 0.6) is 0 Å². The molecule has 0 fully saturated rings. The predicted molar refractivity (Wildman–Crippen MR) is 92.5 cm³/mol. The van der Waals surface area contributed by atoms with Crippen molar-refractivity contribution in [3.05, 3.63) is 42.0 Å². The molecule has 2 aromatic heterocycles. The van der Waals surface area contributed by atoms with Crippen molar-refractivity contribution in [2.75, 3.05) is 11.9 Å². The molecule has 0 aliphatic carbocycles. The molecule has 0 bridgehead atoms. The summed E-state index contributed by atoms with van der Waals surface area (Å²) in [7, 11) is 1.36. The van der Waals surface area contributed by atoms with Crippen molar-refractivity contribution >= 4 is 18.6 Å². The highest BCUT2D eigenvalue weighted by molar-refractivity contribution is 5.69. The summed E-state index contributed by atoms with van der Waals surface area (Å²) in [6.45, 7) is 6.14. The van der Waals surface area contributed by atoms with Crippen LogP contribution in [0.3, 0.4) is 0 Å². The first-order valence-corrected chi connectivity index (χ1v) is 7.46. The summed E-state index contributed by atoms with van der Waals surface area (Å²) >= 11 is 0. The Labute approximate surface area is 144 Å². The van der Waals surface area contributed by atoms with Gasteiger partial charge in [0, 0.05) is 36.8 Å². The van der Waals surface area contributed by atoms with Crippen LogP contribution in [0.1, 0.15) is 18.2 Å². The summed E-state index contributed by atoms with van der Waals surface area (Å²) in [5.74, 6) is 0.504. The minimum Gasteiger partial charge on any atom is -0.347 e. The van der Waals surface area contributed by atoms with Crippen molar-refractivity contribution in [1.29, 1.82) is 0 Å². The van der Waals surface area contributed by atoms with Gasteiger partial charge in [0.05, 0.1) is 5.69 Å². The summed E-state index contributed by atoms with van der Waals surface area (Å²) in [6, 6.07) is 1.69. The number of alkyl halides is 3. The van der Waals surface area contributed by atoms with Gasteiger partial charge < -0.3 is 4.90 Å². The SMILES string of the molecule is C=N/C=C\c1c(C)nc(-c2ccncc2)nc1N(C)C(C)C(F)(F)F. The standard InChI is InChI=1S/C17H18F3N5/c1-11-14(7-8-21-3)16(25(4)12(2)17(18,19)20)24-15(23-11)13-5-9-22-10-6-13/h5-10,12H,3H2,1-2,4H3/b8-7-. The number of aryl methyl sites for hydroxylation is 1. The summed E-state index contributed by atoms with van der Waals surface area (Å²) in [5.41, 5.74) is 1.67. The number of nitrogens with zero attached hydrogens (tertiary/aromatic N) is 5. The lowest BCUT2D eigenvalue weighted by atomic mass is 10.1. The zero-order chi connectivity index (χ0) is 18.6. The smallest absolute Gasteiger partial charge is 0.347 e. The molecular weight excluding hydrogens is 331 g/mol. The number of hydrogen-bond acceptors (Lipinski definition) is 5. The quantitative estimate of drug-likeness (QED) is 0.768. The molecule has 1 unspecified atom stereocenters. The lowest BCUT2D eigenvalue weighted by Gasteiger charge is -2.29. The average Bonchev–Trinajstić information content (AvgIpc) is 2.58. The normalized spacial score (nSPS) is 13.0. The second kappa shape index (κ2) is 7.42. The molecule has 0 amide bonds. The Bertz CT molecular complexity index is 772. The number of aliphatic imine (C=N–C) groups is 1. The maximum absolute atomic E-state index is 13.2. The first-order valence-electron chi connectivity index (χ1n) is 7.46. The molecule has 8 heteroatoms. The van der Waals surface area contributed by atoms with Crippen molar-refractivity contribution < 1.29 is 13.2 Å². The molecule has 2 aromatic rings. The van der Waals surface area contributed by atoms with E-state index in [4.69, 9.17) is 0 Å². The molecule has 1 atom stereocenters. The lowest BCUT2D eigenvalue weighted by molar-refractivity contribution is -0.144. The molecule has 25 heavy (non-hydrogen) atoms. The summed E-state index contributed by atoms with van der Waals surface area (Å²) < 4.78 is 39.5. The third kappa shape index (κ3) is 4.20. The Morgan fingerprint density at radius 1 is 1.24 bits per heavy atom. The highest BCUT2D eigenvalue weighted by Gasteiger charge is 2.40. The number of pyridine rings is 1. The zero-order valence-corrected chi connectivity index (χ0v) is 14.1. The van der Waals surface area contributed by atoms with E-state index in [0.29, 0.717) is 22.6 Å². The fourth-order valence-corrected chi connectivity index (χ4v) is 2.19. The van der Waals surface area contributed by atoms with Gasteiger partial charge in [-0.3, -0.25) is 9.98 Å². The molecule has 0 N–H and O–H groups in total. The van der Waals surface area contributed by atoms with Gasteiger partial charge in [0.2, 0.25) is 0 Å². The Morgan fingerprint density at radius 3 is 2.44 bits per heavy atom. The second-order valence-corrected chi connectivity index (χ2v) is 5.43. The van der Waals surface area contributed by atoms with E-state index in [0.717, 1.165) is 11.8 Å². The Balaban J connectivity index is 2.62. The second-order valence-electron chi connectivity index (χ2n) is 5.43. The number of aromatic nitrogens is 3. The van der Waals surface area contributed by atoms with Gasteiger partial charge in [-0.05, 0) is 38.8 Å². The number of anilines is 1. The maximum atomic E-state index is 13.2. The molecule has 5 nitrogen and oxygen atoms in total. The molecule has 0 saturated heterocycles. The van der Waals surface area contributed by atoms with E-state index < -0.39 is 12.2 Å². The fraction of sp³-hybridized carbons (Fsp3) is 0.294. The van der Waals surface area contributed by atoms with Crippen LogP contribution in [-0.4, -0.2) is 40.9 Å². The first-order chi connectivity index (χ1) is 11.8. The van der Waals surface area contributed by atoms with Crippen molar-refractivity contribution in [1.82, 2.24) is 15.0 Å². The molecule has 0 aliphatic rings. The van der Waals surface area contributed by atoms with E-state index in [1.165, 1.54) is 13.2 Å². The minimum absolute atomic E-state index is 0.170. The van der Waals surface area contributed by atoms with Crippen LogP contribution in [0.25, 0.3) is 17.5 Å². The molecule has 2 rings (SSSR count). The summed E-state index contributed by atoms with van der Waals surface area (Å²) in [5, 5.41) is 0. The van der Waals surface area contributed by atoms with Gasteiger partial charge in [-0.1, -0.05) is 0 Å². The molecular formula is C17H18F3N5. The van der Waals surface area contributed by atoms with Crippen molar-refractivity contribution in [3.63, 3.8) is 0 Å². The zero-order valence-electron chi connectivity index (χ0n) is 14.1. The molecule has 0 aliphatic heterocycles. The van der Waals surface area contributed by atoms with Crippen LogP contribution in [0.15, 0.2) is 35.7 Å². The maximum Gasteiger partial charge on any atom is 0.408 e. The number of halogens is 3. The molecule has 2 heterocycles. The monoisotopic (exact) mass is 349 g/mol. The van der Waals surface area contributed by atoms with Gasteiger partial charge >= 0.3 is 6.18 Å². The van der Waals surface area contributed by atoms with Crippen molar-refractivity contribution in [2.24, 2.45) is 4.99 Å². The van der Waals surface area contributed by atoms with Crippen LogP contribution in [0.2, 0.25) is 0 Å². The topological polar surface area (TPSA) is 54.3 Å². The van der Waals surface area contributed by atoms with E-state index in [2.05, 4.69) is 26.7 Å². The molecule has 0 saturated carbocycles. The predicted octanol–water partition coefficient (Wildman–Crippen LogP) is 3.91. The van der Waals surface area contributed by atoms with Gasteiger partial charge in [0.25, 0.3) is 0 Å². The molecule has 0 aromatic carbocycles. The van der Waals surface area contributed by atoms with Gasteiger partial charge in [-0.15, -0.1) is 0 Å². The molecule has 132 valence electrons. The van der Waals surface area contributed by atoms with Crippen LogP contribution >= 0.6 is 0 Å². The highest BCUT2D eigenvalue weighted by atomic mass is 19.4. The molecule has 0 spiro atoms. The van der Waals surface area contributed by atoms with E-state index in [1.807, 2.05) is 0 Å². The van der Waals surface area contributed by atoms with Gasteiger partial charge in [-0.2, -0.15) is 13.2 Å². The highest BCUT2D eigenvalue weighted by Crippen LogP contribution is 2.31. The third-order valence-electron chi connectivity index (χ3n) is 3.79. The van der Waals surface area contributed by atoms with Crippen LogP contribution in [0, 0.1) is 6.92 Å². The summed E-state index contributed by atoms with van der Waals surface area (Å²) in [6.07, 6.45) is 1.71. The van der Waals surface area contributed by atoms with E-state index >= 15 is 0 Å². The minimum atomic E-state index is -4.39. The summed E-state index contributed by atoms with van der Waals surface area (Å²) in [4.78, 5) is 17.4. The van der Waals surface area contributed by atoms with E-state index in [1.54, 1.807) is 37.5 Å². The largest absolute Gasteiger partial charge is 0.408 e. The van der Waals surface area contributed by atoms with E-state index in [9.17, 15) is 13.2 Å². The number of hydrogen-bond donors (Lipinski definition) is 0. The Morgan fingerprint density at radius 2 is 1.88 bits per heavy atom. The Hall–Kier alpha value is -2.77. The van der Waals surface area contributed by atoms with Crippen molar-refractivity contribution in [2.45, 2.75) is 26.1 Å². The molecule has 0 radical (unpaired) electrons. The lowest BCUT2D eigenvalue weighted by Crippen LogP contribution is -2.42. The van der Waals surface area contributed by atoms with Crippen LogP contribution in [-0.2, 0) is 0 Å². The first kappa shape index (κ1) is 18.6.